The first-order valence-corrected chi connectivity index (χ1v) is 14.4. The van der Waals surface area contributed by atoms with E-state index in [0.717, 1.165) is 70.8 Å². The Morgan fingerprint density at radius 2 is 1.53 bits per heavy atom. The van der Waals surface area contributed by atoms with Gasteiger partial charge in [0.15, 0.2) is 0 Å². The molecule has 0 spiro atoms. The molecule has 8 heteroatoms. The molecule has 36 heavy (non-hydrogen) atoms. The SMILES string of the molecule is CCCCC(CN1CCN(CCCCCCOc2ccc(I)cc2)CC1)Oc1ccc([N+](=O)[O-])cc1. The Bertz CT molecular complexity index is 887. The number of nitro groups is 1. The molecule has 0 N–H and O–H groups in total. The van der Waals surface area contributed by atoms with Gasteiger partial charge in [-0.15, -0.1) is 0 Å². The van der Waals surface area contributed by atoms with Crippen molar-refractivity contribution in [3.63, 3.8) is 0 Å². The summed E-state index contributed by atoms with van der Waals surface area (Å²) in [7, 11) is 0. The van der Waals surface area contributed by atoms with Crippen LogP contribution in [0.4, 0.5) is 5.69 Å². The number of nitrogens with zero attached hydrogens (tertiary/aromatic N) is 3. The van der Waals surface area contributed by atoms with Crippen molar-refractivity contribution in [2.45, 2.75) is 58.0 Å². The summed E-state index contributed by atoms with van der Waals surface area (Å²) in [6.07, 6.45) is 8.17. The highest BCUT2D eigenvalue weighted by Gasteiger charge is 2.21. The number of unbranched alkanes of at least 4 members (excludes halogenated alkanes) is 4. The molecule has 1 saturated heterocycles. The molecule has 2 aromatic carbocycles. The average Bonchev–Trinajstić information content (AvgIpc) is 2.89. The molecule has 1 unspecified atom stereocenters. The lowest BCUT2D eigenvalue weighted by atomic mass is 10.1. The van der Waals surface area contributed by atoms with Crippen LogP contribution in [-0.4, -0.2) is 66.7 Å². The van der Waals surface area contributed by atoms with E-state index in [1.165, 1.54) is 41.5 Å². The van der Waals surface area contributed by atoms with Crippen LogP contribution in [0.2, 0.25) is 0 Å². The third-order valence-electron chi connectivity index (χ3n) is 6.61. The molecule has 1 atom stereocenters. The molecule has 2 aromatic rings. The molecule has 1 aliphatic heterocycles. The second-order valence-electron chi connectivity index (χ2n) is 9.49. The molecule has 1 fully saturated rings. The van der Waals surface area contributed by atoms with Gasteiger partial charge in [-0.1, -0.05) is 26.2 Å². The molecule has 198 valence electrons. The molecule has 0 amide bonds. The summed E-state index contributed by atoms with van der Waals surface area (Å²) in [6, 6.07) is 14.7. The van der Waals surface area contributed by atoms with E-state index in [4.69, 9.17) is 9.47 Å². The molecule has 0 aliphatic carbocycles. The minimum Gasteiger partial charge on any atom is -0.494 e. The smallest absolute Gasteiger partial charge is 0.269 e. The van der Waals surface area contributed by atoms with Crippen molar-refractivity contribution in [2.75, 3.05) is 45.9 Å². The first-order valence-electron chi connectivity index (χ1n) is 13.3. The van der Waals surface area contributed by atoms with Crippen molar-refractivity contribution in [2.24, 2.45) is 0 Å². The zero-order chi connectivity index (χ0) is 25.6. The topological polar surface area (TPSA) is 68.1 Å². The number of ether oxygens (including phenoxy) is 2. The summed E-state index contributed by atoms with van der Waals surface area (Å²) in [5.74, 6) is 1.67. The van der Waals surface area contributed by atoms with Gasteiger partial charge in [-0.05, 0) is 91.2 Å². The highest BCUT2D eigenvalue weighted by Crippen LogP contribution is 2.21. The normalized spacial score (nSPS) is 15.5. The molecule has 0 radical (unpaired) electrons. The van der Waals surface area contributed by atoms with E-state index < -0.39 is 0 Å². The van der Waals surface area contributed by atoms with Crippen LogP contribution < -0.4 is 9.47 Å². The number of hydrogen-bond acceptors (Lipinski definition) is 6. The Kier molecular flexibility index (Phi) is 12.8. The lowest BCUT2D eigenvalue weighted by Crippen LogP contribution is -2.49. The largest absolute Gasteiger partial charge is 0.494 e. The zero-order valence-corrected chi connectivity index (χ0v) is 23.6. The molecule has 3 rings (SSSR count). The first-order chi connectivity index (χ1) is 17.5. The van der Waals surface area contributed by atoms with Crippen molar-refractivity contribution in [1.82, 2.24) is 9.80 Å². The molecular weight excluding hydrogens is 569 g/mol. The summed E-state index contributed by atoms with van der Waals surface area (Å²) in [5.41, 5.74) is 0.0962. The number of halogens is 1. The van der Waals surface area contributed by atoms with Gasteiger partial charge in [0.05, 0.1) is 11.5 Å². The fraction of sp³-hybridized carbons (Fsp3) is 0.571. The predicted molar refractivity (Wildman–Crippen MR) is 153 cm³/mol. The van der Waals surface area contributed by atoms with Crippen LogP contribution in [0.25, 0.3) is 0 Å². The van der Waals surface area contributed by atoms with Crippen molar-refractivity contribution >= 4 is 28.3 Å². The Labute approximate surface area is 229 Å². The molecule has 1 heterocycles. The van der Waals surface area contributed by atoms with Gasteiger partial charge in [0.25, 0.3) is 5.69 Å². The van der Waals surface area contributed by atoms with Crippen molar-refractivity contribution < 1.29 is 14.4 Å². The van der Waals surface area contributed by atoms with Crippen molar-refractivity contribution in [3.8, 4) is 11.5 Å². The maximum atomic E-state index is 10.9. The molecule has 7 nitrogen and oxygen atoms in total. The molecule has 0 saturated carbocycles. The quantitative estimate of drug-likeness (QED) is 0.0951. The Hall–Kier alpha value is -1.91. The van der Waals surface area contributed by atoms with E-state index >= 15 is 0 Å². The molecule has 0 aromatic heterocycles. The number of hydrogen-bond donors (Lipinski definition) is 0. The van der Waals surface area contributed by atoms with Crippen molar-refractivity contribution in [1.29, 1.82) is 0 Å². The van der Waals surface area contributed by atoms with Crippen LogP contribution in [0.1, 0.15) is 51.9 Å². The van der Waals surface area contributed by atoms with Gasteiger partial charge in [0, 0.05) is 48.4 Å². The van der Waals surface area contributed by atoms with Crippen LogP contribution >= 0.6 is 22.6 Å². The average molecular weight is 610 g/mol. The third-order valence-corrected chi connectivity index (χ3v) is 7.33. The van der Waals surface area contributed by atoms with Crippen molar-refractivity contribution in [3.05, 3.63) is 62.2 Å². The second kappa shape index (κ2) is 16.0. The fourth-order valence-corrected chi connectivity index (χ4v) is 4.81. The zero-order valence-electron chi connectivity index (χ0n) is 21.4. The lowest BCUT2D eigenvalue weighted by Gasteiger charge is -2.36. The Morgan fingerprint density at radius 1 is 0.889 bits per heavy atom. The molecule has 0 bridgehead atoms. The Morgan fingerprint density at radius 3 is 2.19 bits per heavy atom. The number of nitro benzene ring substituents is 1. The summed E-state index contributed by atoms with van der Waals surface area (Å²) in [6.45, 7) is 9.41. The molecule has 1 aliphatic rings. The van der Waals surface area contributed by atoms with Crippen LogP contribution in [0.3, 0.4) is 0 Å². The van der Waals surface area contributed by atoms with Gasteiger partial charge < -0.3 is 14.4 Å². The van der Waals surface area contributed by atoms with Gasteiger partial charge in [0.1, 0.15) is 17.6 Å². The molecular formula is C28H40IN3O4. The van der Waals surface area contributed by atoms with Crippen LogP contribution in [0.5, 0.6) is 11.5 Å². The monoisotopic (exact) mass is 609 g/mol. The minimum absolute atomic E-state index is 0.0962. The van der Waals surface area contributed by atoms with Gasteiger partial charge in [-0.2, -0.15) is 0 Å². The van der Waals surface area contributed by atoms with E-state index in [2.05, 4.69) is 51.4 Å². The summed E-state index contributed by atoms with van der Waals surface area (Å²) in [4.78, 5) is 15.6. The first kappa shape index (κ1) is 28.7. The van der Waals surface area contributed by atoms with Gasteiger partial charge >= 0.3 is 0 Å². The van der Waals surface area contributed by atoms with Gasteiger partial charge in [-0.25, -0.2) is 0 Å². The van der Waals surface area contributed by atoms with E-state index in [1.807, 2.05) is 12.1 Å². The minimum atomic E-state index is -0.376. The van der Waals surface area contributed by atoms with Gasteiger partial charge in [-0.3, -0.25) is 15.0 Å². The Balaban J connectivity index is 1.29. The highest BCUT2D eigenvalue weighted by molar-refractivity contribution is 14.1. The second-order valence-corrected chi connectivity index (χ2v) is 10.7. The van der Waals surface area contributed by atoms with E-state index in [-0.39, 0.29) is 16.7 Å². The predicted octanol–water partition coefficient (Wildman–Crippen LogP) is 6.39. The van der Waals surface area contributed by atoms with Crippen LogP contribution in [0, 0.1) is 13.7 Å². The maximum absolute atomic E-state index is 10.9. The van der Waals surface area contributed by atoms with E-state index in [0.29, 0.717) is 5.75 Å². The van der Waals surface area contributed by atoms with E-state index in [1.54, 1.807) is 12.1 Å². The summed E-state index contributed by atoms with van der Waals surface area (Å²) < 4.78 is 13.3. The maximum Gasteiger partial charge on any atom is 0.269 e. The van der Waals surface area contributed by atoms with Gasteiger partial charge in [0.2, 0.25) is 0 Å². The summed E-state index contributed by atoms with van der Waals surface area (Å²) >= 11 is 2.31. The number of rotatable bonds is 16. The van der Waals surface area contributed by atoms with E-state index in [9.17, 15) is 10.1 Å². The van der Waals surface area contributed by atoms with Crippen LogP contribution in [0.15, 0.2) is 48.5 Å². The number of piperazine rings is 1. The van der Waals surface area contributed by atoms with Crippen LogP contribution in [-0.2, 0) is 0 Å². The number of benzene rings is 2. The number of non-ortho nitro benzene ring substituents is 1. The standard InChI is InChI=1S/C28H40IN3O4/c1-2-3-8-28(36-27-15-11-25(12-16-27)32(33)34)23-31-20-18-30(19-21-31)17-6-4-5-7-22-35-26-13-9-24(29)10-14-26/h9-16,28H,2-8,17-23H2,1H3. The lowest BCUT2D eigenvalue weighted by molar-refractivity contribution is -0.384. The third kappa shape index (κ3) is 10.6. The fourth-order valence-electron chi connectivity index (χ4n) is 4.45. The highest BCUT2D eigenvalue weighted by atomic mass is 127. The summed E-state index contributed by atoms with van der Waals surface area (Å²) in [5, 5.41) is 10.9.